The number of aromatic carboxylic acids is 1. The molecular formula is C15H13ClO3. The predicted molar refractivity (Wildman–Crippen MR) is 75.1 cm³/mol. The Hall–Kier alpha value is -2.00. The van der Waals surface area contributed by atoms with Gasteiger partial charge in [0.2, 0.25) is 0 Å². The summed E-state index contributed by atoms with van der Waals surface area (Å²) in [5, 5.41) is 9.18. The van der Waals surface area contributed by atoms with E-state index in [0.29, 0.717) is 0 Å². The first-order valence-corrected chi connectivity index (χ1v) is 6.08. The van der Waals surface area contributed by atoms with Gasteiger partial charge in [-0.1, -0.05) is 29.3 Å². The lowest BCUT2D eigenvalue weighted by Gasteiger charge is -2.10. The summed E-state index contributed by atoms with van der Waals surface area (Å²) in [6.45, 7) is 1.98. The van der Waals surface area contributed by atoms with Crippen LogP contribution in [-0.4, -0.2) is 18.2 Å². The number of carboxylic acids is 1. The maximum absolute atomic E-state index is 10.9. The first kappa shape index (κ1) is 13.4. The van der Waals surface area contributed by atoms with E-state index in [2.05, 4.69) is 0 Å². The van der Waals surface area contributed by atoms with Crippen molar-refractivity contribution >= 4 is 17.6 Å². The average molecular weight is 277 g/mol. The Morgan fingerprint density at radius 1 is 1.21 bits per heavy atom. The highest BCUT2D eigenvalue weighted by Gasteiger charge is 2.12. The highest BCUT2D eigenvalue weighted by atomic mass is 35.5. The van der Waals surface area contributed by atoms with Gasteiger partial charge in [0.15, 0.2) is 0 Å². The van der Waals surface area contributed by atoms with Crippen molar-refractivity contribution in [3.63, 3.8) is 0 Å². The minimum absolute atomic E-state index is 0.0945. The van der Waals surface area contributed by atoms with Crippen molar-refractivity contribution in [3.05, 3.63) is 52.5 Å². The minimum Gasteiger partial charge on any atom is -0.496 e. The van der Waals surface area contributed by atoms with E-state index < -0.39 is 5.97 Å². The molecule has 4 heteroatoms. The smallest absolute Gasteiger partial charge is 0.337 e. The molecule has 0 atom stereocenters. The van der Waals surface area contributed by atoms with Gasteiger partial charge in [0.1, 0.15) is 5.75 Å². The zero-order chi connectivity index (χ0) is 14.0. The summed E-state index contributed by atoms with van der Waals surface area (Å²) in [6, 6.07) is 10.7. The van der Waals surface area contributed by atoms with Gasteiger partial charge >= 0.3 is 5.97 Å². The van der Waals surface area contributed by atoms with Gasteiger partial charge in [0.05, 0.1) is 17.7 Å². The molecule has 0 heterocycles. The van der Waals surface area contributed by atoms with Crippen molar-refractivity contribution in [2.45, 2.75) is 6.92 Å². The highest BCUT2D eigenvalue weighted by Crippen LogP contribution is 2.33. The third-order valence-corrected chi connectivity index (χ3v) is 3.18. The lowest BCUT2D eigenvalue weighted by Crippen LogP contribution is -1.97. The van der Waals surface area contributed by atoms with E-state index in [9.17, 15) is 4.79 Å². The summed E-state index contributed by atoms with van der Waals surface area (Å²) >= 11 is 5.99. The fourth-order valence-corrected chi connectivity index (χ4v) is 2.16. The van der Waals surface area contributed by atoms with Crippen LogP contribution in [0.3, 0.4) is 0 Å². The molecular weight excluding hydrogens is 264 g/mol. The number of aryl methyl sites for hydroxylation is 1. The molecule has 19 heavy (non-hydrogen) atoms. The summed E-state index contributed by atoms with van der Waals surface area (Å²) in [5.74, 6) is -0.308. The number of benzene rings is 2. The number of carbonyl (C=O) groups is 1. The molecule has 0 fully saturated rings. The molecule has 3 nitrogen and oxygen atoms in total. The number of halogens is 1. The van der Waals surface area contributed by atoms with Crippen LogP contribution < -0.4 is 4.74 Å². The van der Waals surface area contributed by atoms with Gasteiger partial charge in [-0.15, -0.1) is 0 Å². The second kappa shape index (κ2) is 5.33. The zero-order valence-corrected chi connectivity index (χ0v) is 11.4. The van der Waals surface area contributed by atoms with Gasteiger partial charge in [-0.05, 0) is 36.8 Å². The van der Waals surface area contributed by atoms with E-state index in [4.69, 9.17) is 21.4 Å². The van der Waals surface area contributed by atoms with Gasteiger partial charge in [0, 0.05) is 5.56 Å². The fraction of sp³-hybridized carbons (Fsp3) is 0.133. The molecule has 98 valence electrons. The molecule has 0 unspecified atom stereocenters. The molecule has 1 N–H and O–H groups in total. The lowest BCUT2D eigenvalue weighted by molar-refractivity contribution is 0.0697. The van der Waals surface area contributed by atoms with Crippen LogP contribution in [0.25, 0.3) is 11.1 Å². The van der Waals surface area contributed by atoms with Crippen LogP contribution in [0.2, 0.25) is 5.02 Å². The molecule has 0 bridgehead atoms. The molecule has 0 saturated carbocycles. The third kappa shape index (κ3) is 2.71. The number of carboxylic acid groups (broad SMARTS) is 1. The van der Waals surface area contributed by atoms with Crippen LogP contribution in [0.4, 0.5) is 0 Å². The molecule has 0 spiro atoms. The summed E-state index contributed by atoms with van der Waals surface area (Å²) in [5.41, 5.74) is 2.91. The van der Waals surface area contributed by atoms with Crippen molar-refractivity contribution in [1.29, 1.82) is 0 Å². The van der Waals surface area contributed by atoms with Crippen molar-refractivity contribution in [2.75, 3.05) is 7.11 Å². The molecule has 0 aliphatic rings. The summed E-state index contributed by atoms with van der Waals surface area (Å²) in [6.07, 6.45) is 0. The maximum Gasteiger partial charge on any atom is 0.337 e. The van der Waals surface area contributed by atoms with E-state index in [1.807, 2.05) is 25.1 Å². The standard InChI is InChI=1S/C15H13ClO3/c1-9-3-6-14(19-2)12(7-9)10-4-5-11(15(17)18)13(16)8-10/h3-8H,1-2H3,(H,17,18). The van der Waals surface area contributed by atoms with Crippen LogP contribution in [-0.2, 0) is 0 Å². The highest BCUT2D eigenvalue weighted by molar-refractivity contribution is 6.33. The number of ether oxygens (including phenoxy) is 1. The number of methoxy groups -OCH3 is 1. The summed E-state index contributed by atoms with van der Waals surface area (Å²) in [4.78, 5) is 10.9. The van der Waals surface area contributed by atoms with Gasteiger partial charge < -0.3 is 9.84 Å². The second-order valence-electron chi connectivity index (χ2n) is 4.20. The topological polar surface area (TPSA) is 46.5 Å². The number of hydrogen-bond acceptors (Lipinski definition) is 2. The molecule has 0 aliphatic heterocycles. The van der Waals surface area contributed by atoms with Crippen LogP contribution >= 0.6 is 11.6 Å². The van der Waals surface area contributed by atoms with Gasteiger partial charge in [-0.3, -0.25) is 0 Å². The van der Waals surface area contributed by atoms with Gasteiger partial charge in [-0.25, -0.2) is 4.79 Å². The van der Waals surface area contributed by atoms with Crippen LogP contribution in [0, 0.1) is 6.92 Å². The SMILES string of the molecule is COc1ccc(C)cc1-c1ccc(C(=O)O)c(Cl)c1. The molecule has 2 aromatic rings. The molecule has 2 aromatic carbocycles. The van der Waals surface area contributed by atoms with Crippen molar-refractivity contribution in [3.8, 4) is 16.9 Å². The minimum atomic E-state index is -1.03. The zero-order valence-electron chi connectivity index (χ0n) is 10.6. The van der Waals surface area contributed by atoms with E-state index in [1.165, 1.54) is 6.07 Å². The molecule has 2 rings (SSSR count). The quantitative estimate of drug-likeness (QED) is 0.921. The molecule has 0 amide bonds. The fourth-order valence-electron chi connectivity index (χ4n) is 1.90. The number of hydrogen-bond donors (Lipinski definition) is 1. The van der Waals surface area contributed by atoms with E-state index in [0.717, 1.165) is 22.4 Å². The lowest BCUT2D eigenvalue weighted by atomic mass is 10.0. The normalized spacial score (nSPS) is 10.3. The van der Waals surface area contributed by atoms with Crippen LogP contribution in [0.1, 0.15) is 15.9 Å². The molecule has 0 aliphatic carbocycles. The van der Waals surface area contributed by atoms with E-state index in [1.54, 1.807) is 19.2 Å². The second-order valence-corrected chi connectivity index (χ2v) is 4.61. The predicted octanol–water partition coefficient (Wildman–Crippen LogP) is 4.02. The molecule has 0 saturated heterocycles. The van der Waals surface area contributed by atoms with Crippen molar-refractivity contribution in [2.24, 2.45) is 0 Å². The Balaban J connectivity index is 2.56. The first-order chi connectivity index (χ1) is 9.02. The van der Waals surface area contributed by atoms with Crippen molar-refractivity contribution < 1.29 is 14.6 Å². The summed E-state index contributed by atoms with van der Waals surface area (Å²) in [7, 11) is 1.60. The largest absolute Gasteiger partial charge is 0.496 e. The van der Waals surface area contributed by atoms with Crippen LogP contribution in [0.15, 0.2) is 36.4 Å². The Kier molecular flexibility index (Phi) is 3.76. The molecule has 0 radical (unpaired) electrons. The van der Waals surface area contributed by atoms with Crippen molar-refractivity contribution in [1.82, 2.24) is 0 Å². The van der Waals surface area contributed by atoms with Crippen LogP contribution in [0.5, 0.6) is 5.75 Å². The average Bonchev–Trinajstić information content (AvgIpc) is 2.38. The Morgan fingerprint density at radius 2 is 1.95 bits per heavy atom. The third-order valence-electron chi connectivity index (χ3n) is 2.87. The Bertz CT molecular complexity index is 635. The maximum atomic E-state index is 10.9. The number of rotatable bonds is 3. The monoisotopic (exact) mass is 276 g/mol. The van der Waals surface area contributed by atoms with Gasteiger partial charge in [0.25, 0.3) is 0 Å². The summed E-state index contributed by atoms with van der Waals surface area (Å²) < 4.78 is 5.31. The van der Waals surface area contributed by atoms with E-state index >= 15 is 0 Å². The Labute approximate surface area is 116 Å². The first-order valence-electron chi connectivity index (χ1n) is 5.71. The van der Waals surface area contributed by atoms with E-state index in [-0.39, 0.29) is 10.6 Å². The van der Waals surface area contributed by atoms with Gasteiger partial charge in [-0.2, -0.15) is 0 Å². The molecule has 0 aromatic heterocycles. The Morgan fingerprint density at radius 3 is 2.53 bits per heavy atom.